The third-order valence-electron chi connectivity index (χ3n) is 3.91. The minimum absolute atomic E-state index is 0.198. The van der Waals surface area contributed by atoms with Crippen molar-refractivity contribution in [2.45, 2.75) is 19.1 Å². The zero-order valence-corrected chi connectivity index (χ0v) is 13.9. The summed E-state index contributed by atoms with van der Waals surface area (Å²) < 4.78 is 5.71. The molecule has 2 aromatic rings. The molecular weight excluding hydrogens is 328 g/mol. The predicted octanol–water partition coefficient (Wildman–Crippen LogP) is 3.52. The van der Waals surface area contributed by atoms with Crippen molar-refractivity contribution >= 4 is 23.3 Å². The molecule has 2 aromatic carbocycles. The summed E-state index contributed by atoms with van der Waals surface area (Å²) in [4.78, 5) is 13.7. The Kier molecular flexibility index (Phi) is 5.23. The van der Waals surface area contributed by atoms with Crippen molar-refractivity contribution in [3.05, 3.63) is 59.1 Å². The van der Waals surface area contributed by atoms with Crippen molar-refractivity contribution in [1.29, 1.82) is 0 Å². The number of rotatable bonds is 4. The van der Waals surface area contributed by atoms with Gasteiger partial charge in [-0.2, -0.15) is 0 Å². The number of ether oxygens (including phenoxy) is 1. The maximum atomic E-state index is 12.1. The molecule has 5 nitrogen and oxygen atoms in total. The van der Waals surface area contributed by atoms with E-state index in [2.05, 4.69) is 5.32 Å². The zero-order chi connectivity index (χ0) is 16.9. The number of nitrogens with one attached hydrogen (secondary N) is 1. The van der Waals surface area contributed by atoms with Gasteiger partial charge in [0, 0.05) is 29.4 Å². The number of carbonyl (C=O) groups excluding carboxylic acids is 1. The molecule has 0 saturated carbocycles. The number of hydrogen-bond acceptors (Lipinski definition) is 3. The van der Waals surface area contributed by atoms with Crippen LogP contribution in [0.3, 0.4) is 0 Å². The van der Waals surface area contributed by atoms with Crippen molar-refractivity contribution in [2.24, 2.45) is 0 Å². The lowest BCUT2D eigenvalue weighted by Gasteiger charge is -2.16. The second-order valence-corrected chi connectivity index (χ2v) is 6.13. The lowest BCUT2D eigenvalue weighted by atomic mass is 10.2. The molecule has 0 unspecified atom stereocenters. The van der Waals surface area contributed by atoms with E-state index in [4.69, 9.17) is 16.3 Å². The Bertz CT molecular complexity index is 706. The van der Waals surface area contributed by atoms with E-state index in [1.807, 2.05) is 24.3 Å². The van der Waals surface area contributed by atoms with Gasteiger partial charge >= 0.3 is 6.03 Å². The Morgan fingerprint density at radius 3 is 2.67 bits per heavy atom. The number of aliphatic hydroxyl groups excluding tert-OH is 1. The summed E-state index contributed by atoms with van der Waals surface area (Å²) >= 11 is 6.10. The average molecular weight is 347 g/mol. The molecule has 0 radical (unpaired) electrons. The van der Waals surface area contributed by atoms with Gasteiger partial charge in [-0.25, -0.2) is 4.79 Å². The Hall–Kier alpha value is -2.24. The minimum atomic E-state index is -0.420. The van der Waals surface area contributed by atoms with Crippen LogP contribution in [0.2, 0.25) is 5.02 Å². The number of nitrogens with zero attached hydrogens (tertiary/aromatic N) is 1. The van der Waals surface area contributed by atoms with Crippen LogP contribution in [-0.4, -0.2) is 35.2 Å². The molecule has 0 spiro atoms. The lowest BCUT2D eigenvalue weighted by Crippen LogP contribution is -2.33. The van der Waals surface area contributed by atoms with Crippen LogP contribution in [0.25, 0.3) is 0 Å². The third-order valence-corrected chi connectivity index (χ3v) is 4.28. The van der Waals surface area contributed by atoms with E-state index in [9.17, 15) is 9.90 Å². The number of likely N-dealkylation sites (tertiary alicyclic amines) is 1. The molecule has 1 aliphatic rings. The van der Waals surface area contributed by atoms with Gasteiger partial charge in [-0.05, 0) is 36.8 Å². The summed E-state index contributed by atoms with van der Waals surface area (Å²) in [6, 6.07) is 14.5. The number of carbonyl (C=O) groups is 1. The first kappa shape index (κ1) is 16.6. The largest absolute Gasteiger partial charge is 0.489 e. The summed E-state index contributed by atoms with van der Waals surface area (Å²) in [6.07, 6.45) is 0.207. The van der Waals surface area contributed by atoms with Crippen molar-refractivity contribution in [3.63, 3.8) is 0 Å². The highest BCUT2D eigenvalue weighted by Crippen LogP contribution is 2.21. The minimum Gasteiger partial charge on any atom is -0.489 e. The number of β-amino-alcohol motifs (C(OH)–C–C–N with tert-alkyl or cyclic N) is 1. The Balaban J connectivity index is 1.53. The molecule has 2 amide bonds. The first-order chi connectivity index (χ1) is 11.6. The third kappa shape index (κ3) is 4.19. The van der Waals surface area contributed by atoms with Crippen molar-refractivity contribution < 1.29 is 14.6 Å². The van der Waals surface area contributed by atoms with Crippen LogP contribution in [0.5, 0.6) is 5.75 Å². The molecule has 0 aliphatic carbocycles. The van der Waals surface area contributed by atoms with Gasteiger partial charge < -0.3 is 20.1 Å². The van der Waals surface area contributed by atoms with Crippen LogP contribution in [0, 0.1) is 0 Å². The monoisotopic (exact) mass is 346 g/mol. The maximum Gasteiger partial charge on any atom is 0.321 e. The van der Waals surface area contributed by atoms with Gasteiger partial charge in [-0.1, -0.05) is 29.8 Å². The number of hydrogen-bond donors (Lipinski definition) is 2. The first-order valence-corrected chi connectivity index (χ1v) is 8.20. The molecule has 0 bridgehead atoms. The highest BCUT2D eigenvalue weighted by molar-refractivity contribution is 6.31. The number of urea groups is 1. The summed E-state index contributed by atoms with van der Waals surface area (Å²) in [6.45, 7) is 1.34. The van der Waals surface area contributed by atoms with Gasteiger partial charge in [-0.3, -0.25) is 0 Å². The van der Waals surface area contributed by atoms with Gasteiger partial charge in [0.05, 0.1) is 6.10 Å². The molecule has 126 valence electrons. The summed E-state index contributed by atoms with van der Waals surface area (Å²) in [5.74, 6) is 0.699. The summed E-state index contributed by atoms with van der Waals surface area (Å²) in [5.41, 5.74) is 1.61. The number of amides is 2. The van der Waals surface area contributed by atoms with Crippen LogP contribution >= 0.6 is 11.6 Å². The fourth-order valence-electron chi connectivity index (χ4n) is 2.54. The molecular formula is C18H19ClN2O3. The van der Waals surface area contributed by atoms with Crippen LogP contribution in [0.15, 0.2) is 48.5 Å². The van der Waals surface area contributed by atoms with Crippen molar-refractivity contribution in [1.82, 2.24) is 4.90 Å². The SMILES string of the molecule is O=C(Nc1ccc(OCc2ccccc2Cl)cc1)N1CC[C@@H](O)C1. The predicted molar refractivity (Wildman–Crippen MR) is 93.4 cm³/mol. The fourth-order valence-corrected chi connectivity index (χ4v) is 2.73. The molecule has 6 heteroatoms. The van der Waals surface area contributed by atoms with Gasteiger partial charge in [0.2, 0.25) is 0 Å². The fraction of sp³-hybridized carbons (Fsp3) is 0.278. The first-order valence-electron chi connectivity index (χ1n) is 7.82. The van der Waals surface area contributed by atoms with E-state index in [0.717, 1.165) is 5.56 Å². The molecule has 0 aromatic heterocycles. The van der Waals surface area contributed by atoms with E-state index in [-0.39, 0.29) is 6.03 Å². The number of benzene rings is 2. The number of aliphatic hydroxyl groups is 1. The lowest BCUT2D eigenvalue weighted by molar-refractivity contribution is 0.176. The number of anilines is 1. The highest BCUT2D eigenvalue weighted by Gasteiger charge is 2.24. The van der Waals surface area contributed by atoms with Crippen molar-refractivity contribution in [2.75, 3.05) is 18.4 Å². The second kappa shape index (κ2) is 7.55. The van der Waals surface area contributed by atoms with Gasteiger partial charge in [0.1, 0.15) is 12.4 Å². The molecule has 24 heavy (non-hydrogen) atoms. The van der Waals surface area contributed by atoms with Crippen LogP contribution < -0.4 is 10.1 Å². The van der Waals surface area contributed by atoms with Crippen molar-refractivity contribution in [3.8, 4) is 5.75 Å². The van der Waals surface area contributed by atoms with Gasteiger partial charge in [0.25, 0.3) is 0 Å². The Labute approximate surface area is 145 Å². The van der Waals surface area contributed by atoms with E-state index < -0.39 is 6.10 Å². The average Bonchev–Trinajstić information content (AvgIpc) is 3.02. The van der Waals surface area contributed by atoms with Crippen LogP contribution in [-0.2, 0) is 6.61 Å². The van der Waals surface area contributed by atoms with E-state index in [1.165, 1.54) is 0 Å². The van der Waals surface area contributed by atoms with E-state index in [1.54, 1.807) is 29.2 Å². The standard InChI is InChI=1S/C18H19ClN2O3/c19-17-4-2-1-3-13(17)12-24-16-7-5-14(6-8-16)20-18(23)21-10-9-15(22)11-21/h1-8,15,22H,9-12H2,(H,20,23)/t15-/m1/s1. The molecule has 1 fully saturated rings. The smallest absolute Gasteiger partial charge is 0.321 e. The molecule has 1 atom stereocenters. The Morgan fingerprint density at radius 2 is 2.00 bits per heavy atom. The molecule has 1 aliphatic heterocycles. The molecule has 1 saturated heterocycles. The normalized spacial score (nSPS) is 16.9. The quantitative estimate of drug-likeness (QED) is 0.890. The maximum absolute atomic E-state index is 12.1. The topological polar surface area (TPSA) is 61.8 Å². The second-order valence-electron chi connectivity index (χ2n) is 5.72. The van der Waals surface area contributed by atoms with Gasteiger partial charge in [-0.15, -0.1) is 0 Å². The zero-order valence-electron chi connectivity index (χ0n) is 13.1. The molecule has 1 heterocycles. The summed E-state index contributed by atoms with van der Waals surface area (Å²) in [7, 11) is 0. The van der Waals surface area contributed by atoms with E-state index in [0.29, 0.717) is 42.6 Å². The van der Waals surface area contributed by atoms with E-state index >= 15 is 0 Å². The Morgan fingerprint density at radius 1 is 1.25 bits per heavy atom. The number of halogens is 1. The molecule has 2 N–H and O–H groups in total. The highest BCUT2D eigenvalue weighted by atomic mass is 35.5. The summed E-state index contributed by atoms with van der Waals surface area (Å²) in [5, 5.41) is 13.0. The molecule has 3 rings (SSSR count). The van der Waals surface area contributed by atoms with Crippen LogP contribution in [0.1, 0.15) is 12.0 Å². The van der Waals surface area contributed by atoms with Crippen LogP contribution in [0.4, 0.5) is 10.5 Å². The van der Waals surface area contributed by atoms with Gasteiger partial charge in [0.15, 0.2) is 0 Å².